The smallest absolute Gasteiger partial charge is 0.0558 e. The first-order valence-corrected chi connectivity index (χ1v) is 3.40. The monoisotopic (exact) mass is 297 g/mol. The third kappa shape index (κ3) is 11.2. The molecular weight excluding hydrogens is 284 g/mol. The summed E-state index contributed by atoms with van der Waals surface area (Å²) in [6.07, 6.45) is 0. The van der Waals surface area contributed by atoms with Crippen LogP contribution < -0.4 is 0 Å². The minimum absolute atomic E-state index is 0. The molecule has 0 heterocycles. The van der Waals surface area contributed by atoms with Crippen LogP contribution in [0.5, 0.6) is 0 Å². The third-order valence-corrected chi connectivity index (χ3v) is 1.25. The van der Waals surface area contributed by atoms with E-state index in [4.69, 9.17) is 15.3 Å². The number of nitrogens with zero attached hydrogens (tertiary/aromatic N) is 1. The molecule has 0 atom stereocenters. The van der Waals surface area contributed by atoms with Crippen molar-refractivity contribution < 1.29 is 58.0 Å². The minimum Gasteiger partial charge on any atom is -0.395 e. The fourth-order valence-electron chi connectivity index (χ4n) is 0.760. The Morgan fingerprint density at radius 2 is 1.00 bits per heavy atom. The normalized spacial score (nSPS) is 9.00. The maximum atomic E-state index is 8.48. The summed E-state index contributed by atoms with van der Waals surface area (Å²) in [5, 5.41) is 25.5. The molecule has 0 rings (SSSR count). The number of aliphatic hydroxyl groups excluding tert-OH is 3. The predicted molar refractivity (Wildman–Crippen MR) is 37.7 cm³/mol. The van der Waals surface area contributed by atoms with Gasteiger partial charge in [0.15, 0.2) is 0 Å². The molecule has 0 amide bonds. The molecule has 0 radical (unpaired) electrons. The Kier molecular flexibility index (Phi) is 23.2. The molecule has 0 aromatic heterocycles. The van der Waals surface area contributed by atoms with Crippen LogP contribution in [-0.4, -0.2) is 59.7 Å². The van der Waals surface area contributed by atoms with Crippen LogP contribution in [0.15, 0.2) is 0 Å². The van der Waals surface area contributed by atoms with E-state index >= 15 is 0 Å². The first-order valence-electron chi connectivity index (χ1n) is 3.40. The molecule has 0 aliphatic carbocycles. The molecule has 0 aromatic carbocycles. The van der Waals surface area contributed by atoms with Crippen LogP contribution in [0.1, 0.15) is 0 Å². The van der Waals surface area contributed by atoms with Gasteiger partial charge in [-0.15, -0.1) is 0 Å². The summed E-state index contributed by atoms with van der Waals surface area (Å²) in [5.41, 5.74) is 0. The Balaban J connectivity index is -0.000000405. The number of hydrogen-bond acceptors (Lipinski definition) is 4. The molecular formula is C6H15NNiO3Zr. The summed E-state index contributed by atoms with van der Waals surface area (Å²) >= 11 is 0. The SMILES string of the molecule is OCCN(CCO)CCO.[Ni].[Zr]. The molecule has 0 saturated carbocycles. The van der Waals surface area contributed by atoms with Gasteiger partial charge in [-0.05, 0) is 0 Å². The molecule has 0 fully saturated rings. The van der Waals surface area contributed by atoms with Crippen molar-refractivity contribution in [2.45, 2.75) is 0 Å². The fraction of sp³-hybridized carbons (Fsp3) is 1.00. The Morgan fingerprint density at radius 3 is 1.17 bits per heavy atom. The summed E-state index contributed by atoms with van der Waals surface area (Å²) < 4.78 is 0. The van der Waals surface area contributed by atoms with Crippen molar-refractivity contribution >= 4 is 0 Å². The zero-order chi connectivity index (χ0) is 7.82. The Morgan fingerprint density at radius 1 is 0.750 bits per heavy atom. The van der Waals surface area contributed by atoms with Crippen molar-refractivity contribution in [3.05, 3.63) is 0 Å². The zero-order valence-corrected chi connectivity index (χ0v) is 10.3. The van der Waals surface area contributed by atoms with Crippen molar-refractivity contribution in [2.75, 3.05) is 39.5 Å². The van der Waals surface area contributed by atoms with Gasteiger partial charge < -0.3 is 15.3 Å². The van der Waals surface area contributed by atoms with Gasteiger partial charge in [0, 0.05) is 62.3 Å². The van der Waals surface area contributed by atoms with E-state index < -0.39 is 0 Å². The number of aliphatic hydroxyl groups is 3. The van der Waals surface area contributed by atoms with E-state index in [0.29, 0.717) is 19.6 Å². The Bertz CT molecular complexity index is 65.5. The number of hydrogen-bond donors (Lipinski definition) is 3. The summed E-state index contributed by atoms with van der Waals surface area (Å²) in [6, 6.07) is 0. The van der Waals surface area contributed by atoms with Crippen molar-refractivity contribution in [2.24, 2.45) is 0 Å². The quantitative estimate of drug-likeness (QED) is 0.510. The molecule has 3 N–H and O–H groups in total. The summed E-state index contributed by atoms with van der Waals surface area (Å²) in [7, 11) is 0. The molecule has 0 aromatic rings. The van der Waals surface area contributed by atoms with Gasteiger partial charge in [-0.2, -0.15) is 0 Å². The first-order chi connectivity index (χ1) is 4.85. The molecule has 0 saturated heterocycles. The molecule has 76 valence electrons. The molecule has 0 aliphatic rings. The van der Waals surface area contributed by atoms with Crippen molar-refractivity contribution in [1.29, 1.82) is 0 Å². The molecule has 0 spiro atoms. The van der Waals surface area contributed by atoms with Crippen LogP contribution in [0.2, 0.25) is 0 Å². The minimum atomic E-state index is 0. The fourth-order valence-corrected chi connectivity index (χ4v) is 0.760. The van der Waals surface area contributed by atoms with Crippen LogP contribution in [-0.2, 0) is 42.7 Å². The summed E-state index contributed by atoms with van der Waals surface area (Å²) in [4.78, 5) is 1.79. The largest absolute Gasteiger partial charge is 0.395 e. The molecule has 0 unspecified atom stereocenters. The second-order valence-corrected chi connectivity index (χ2v) is 2.01. The zero-order valence-electron chi connectivity index (χ0n) is 6.85. The van der Waals surface area contributed by atoms with Gasteiger partial charge >= 0.3 is 0 Å². The summed E-state index contributed by atoms with van der Waals surface area (Å²) in [5.74, 6) is 0. The van der Waals surface area contributed by atoms with Gasteiger partial charge in [0.25, 0.3) is 0 Å². The van der Waals surface area contributed by atoms with E-state index in [9.17, 15) is 0 Å². The molecule has 0 bridgehead atoms. The summed E-state index contributed by atoms with van der Waals surface area (Å²) in [6.45, 7) is 1.75. The van der Waals surface area contributed by atoms with Crippen molar-refractivity contribution in [3.63, 3.8) is 0 Å². The van der Waals surface area contributed by atoms with Crippen LogP contribution in [0.25, 0.3) is 0 Å². The van der Waals surface area contributed by atoms with Gasteiger partial charge in [0.05, 0.1) is 19.8 Å². The molecule has 0 aliphatic heterocycles. The van der Waals surface area contributed by atoms with E-state index in [-0.39, 0.29) is 62.5 Å². The number of rotatable bonds is 6. The van der Waals surface area contributed by atoms with Gasteiger partial charge in [-0.25, -0.2) is 0 Å². The molecule has 12 heavy (non-hydrogen) atoms. The predicted octanol–water partition coefficient (Wildman–Crippen LogP) is -1.74. The van der Waals surface area contributed by atoms with Crippen molar-refractivity contribution in [1.82, 2.24) is 4.90 Å². The second kappa shape index (κ2) is 14.7. The maximum Gasteiger partial charge on any atom is 0.0558 e. The van der Waals surface area contributed by atoms with Crippen LogP contribution in [0.4, 0.5) is 0 Å². The first kappa shape index (κ1) is 18.9. The van der Waals surface area contributed by atoms with Gasteiger partial charge in [-0.3, -0.25) is 4.90 Å². The maximum absolute atomic E-state index is 8.48. The van der Waals surface area contributed by atoms with Crippen LogP contribution >= 0.6 is 0 Å². The van der Waals surface area contributed by atoms with Crippen LogP contribution in [0.3, 0.4) is 0 Å². The van der Waals surface area contributed by atoms with E-state index in [1.54, 1.807) is 4.90 Å². The van der Waals surface area contributed by atoms with Gasteiger partial charge in [0.2, 0.25) is 0 Å². The topological polar surface area (TPSA) is 63.9 Å². The van der Waals surface area contributed by atoms with E-state index in [1.807, 2.05) is 0 Å². The van der Waals surface area contributed by atoms with Crippen molar-refractivity contribution in [3.8, 4) is 0 Å². The van der Waals surface area contributed by atoms with E-state index in [0.717, 1.165) is 0 Å². The Hall–Kier alpha value is 1.22. The molecule has 4 nitrogen and oxygen atoms in total. The van der Waals surface area contributed by atoms with Gasteiger partial charge in [-0.1, -0.05) is 0 Å². The average Bonchev–Trinajstić information content (AvgIpc) is 1.90. The Labute approximate surface area is 102 Å². The third-order valence-electron chi connectivity index (χ3n) is 1.25. The van der Waals surface area contributed by atoms with Crippen LogP contribution in [0, 0.1) is 0 Å². The van der Waals surface area contributed by atoms with E-state index in [1.165, 1.54) is 0 Å². The standard InChI is InChI=1S/C6H15NO3.Ni.Zr/c8-4-1-7(2-5-9)3-6-10;;/h8-10H,1-6H2;;. The molecule has 6 heteroatoms. The second-order valence-electron chi connectivity index (χ2n) is 2.01. The van der Waals surface area contributed by atoms with Gasteiger partial charge in [0.1, 0.15) is 0 Å². The average molecular weight is 299 g/mol. The van der Waals surface area contributed by atoms with E-state index in [2.05, 4.69) is 0 Å².